The van der Waals surface area contributed by atoms with Crippen LogP contribution < -0.4 is 4.74 Å². The average molecular weight is 412 g/mol. The summed E-state index contributed by atoms with van der Waals surface area (Å²) < 4.78 is 10.9. The number of benzene rings is 3. The zero-order valence-electron chi connectivity index (χ0n) is 17.2. The standard InChI is InChI=1S/C27H24O4/c1-2-21-8-10-23(11-9-21)20-30-19-18-27(29)31-25-15-12-22(13-16-25)14-17-26(28)24-6-4-3-5-7-24/h2-17H,1,18-20H2. The van der Waals surface area contributed by atoms with Crippen LogP contribution >= 0.6 is 0 Å². The molecular formula is C27H24O4. The maximum absolute atomic E-state index is 12.1. The molecule has 0 atom stereocenters. The van der Waals surface area contributed by atoms with Crippen molar-refractivity contribution in [2.45, 2.75) is 13.0 Å². The number of esters is 1. The van der Waals surface area contributed by atoms with Crippen LogP contribution in [0.1, 0.15) is 33.5 Å². The summed E-state index contributed by atoms with van der Waals surface area (Å²) in [7, 11) is 0. The van der Waals surface area contributed by atoms with Gasteiger partial charge in [0.05, 0.1) is 19.6 Å². The predicted octanol–water partition coefficient (Wildman–Crippen LogP) is 5.74. The first kappa shape index (κ1) is 21.9. The molecule has 0 unspecified atom stereocenters. The Hall–Kier alpha value is -3.76. The third kappa shape index (κ3) is 7.21. The Kier molecular flexibility index (Phi) is 8.09. The molecule has 0 heterocycles. The SMILES string of the molecule is C=Cc1ccc(COCCC(=O)Oc2ccc(C=CC(=O)c3ccccc3)cc2)cc1. The number of hydrogen-bond donors (Lipinski definition) is 0. The van der Waals surface area contributed by atoms with E-state index in [2.05, 4.69) is 6.58 Å². The van der Waals surface area contributed by atoms with Crippen LogP contribution in [0.2, 0.25) is 0 Å². The van der Waals surface area contributed by atoms with Gasteiger partial charge in [-0.25, -0.2) is 0 Å². The van der Waals surface area contributed by atoms with Crippen molar-refractivity contribution in [1.82, 2.24) is 0 Å². The number of allylic oxidation sites excluding steroid dienone is 1. The molecule has 0 radical (unpaired) electrons. The molecule has 0 bridgehead atoms. The molecule has 0 fully saturated rings. The second kappa shape index (κ2) is 11.4. The topological polar surface area (TPSA) is 52.6 Å². The lowest BCUT2D eigenvalue weighted by Gasteiger charge is -2.06. The average Bonchev–Trinajstić information content (AvgIpc) is 2.82. The first-order valence-corrected chi connectivity index (χ1v) is 10.0. The van der Waals surface area contributed by atoms with Gasteiger partial charge in [0, 0.05) is 5.56 Å². The van der Waals surface area contributed by atoms with Gasteiger partial charge in [-0.15, -0.1) is 0 Å². The van der Waals surface area contributed by atoms with Crippen molar-refractivity contribution in [1.29, 1.82) is 0 Å². The van der Waals surface area contributed by atoms with Crippen molar-refractivity contribution in [2.75, 3.05) is 6.61 Å². The van der Waals surface area contributed by atoms with Crippen LogP contribution in [0.25, 0.3) is 12.2 Å². The molecule has 4 heteroatoms. The van der Waals surface area contributed by atoms with Gasteiger partial charge >= 0.3 is 5.97 Å². The van der Waals surface area contributed by atoms with Crippen molar-refractivity contribution >= 4 is 23.9 Å². The van der Waals surface area contributed by atoms with Gasteiger partial charge in [-0.3, -0.25) is 9.59 Å². The first-order chi connectivity index (χ1) is 15.1. The van der Waals surface area contributed by atoms with E-state index in [1.54, 1.807) is 48.6 Å². The van der Waals surface area contributed by atoms with E-state index in [1.165, 1.54) is 6.08 Å². The van der Waals surface area contributed by atoms with Gasteiger partial charge in [0.15, 0.2) is 5.78 Å². The monoisotopic (exact) mass is 412 g/mol. The lowest BCUT2D eigenvalue weighted by atomic mass is 10.1. The van der Waals surface area contributed by atoms with Crippen molar-refractivity contribution in [3.05, 3.63) is 114 Å². The number of hydrogen-bond acceptors (Lipinski definition) is 4. The third-order valence-electron chi connectivity index (χ3n) is 4.53. The minimum Gasteiger partial charge on any atom is -0.426 e. The quantitative estimate of drug-likeness (QED) is 0.140. The molecule has 3 aromatic rings. The Labute approximate surface area is 182 Å². The highest BCUT2D eigenvalue weighted by Gasteiger charge is 2.05. The highest BCUT2D eigenvalue weighted by Crippen LogP contribution is 2.15. The summed E-state index contributed by atoms with van der Waals surface area (Å²) in [5, 5.41) is 0. The second-order valence-electron chi connectivity index (χ2n) is 6.86. The van der Waals surface area contributed by atoms with Crippen LogP contribution in [0.4, 0.5) is 0 Å². The normalized spacial score (nSPS) is 10.7. The Morgan fingerprint density at radius 1 is 0.839 bits per heavy atom. The molecule has 0 spiro atoms. The number of carbonyl (C=O) groups is 2. The zero-order chi connectivity index (χ0) is 21.9. The largest absolute Gasteiger partial charge is 0.426 e. The molecule has 0 aliphatic carbocycles. The van der Waals surface area contributed by atoms with E-state index < -0.39 is 0 Å². The lowest BCUT2D eigenvalue weighted by Crippen LogP contribution is -2.11. The van der Waals surface area contributed by atoms with Gasteiger partial charge < -0.3 is 9.47 Å². The highest BCUT2D eigenvalue weighted by atomic mass is 16.5. The molecule has 0 aliphatic heterocycles. The minimum atomic E-state index is -0.357. The molecule has 3 aromatic carbocycles. The third-order valence-corrected chi connectivity index (χ3v) is 4.53. The molecule has 156 valence electrons. The molecule has 0 amide bonds. The first-order valence-electron chi connectivity index (χ1n) is 10.0. The molecule has 4 nitrogen and oxygen atoms in total. The van der Waals surface area contributed by atoms with Gasteiger partial charge in [-0.05, 0) is 34.9 Å². The summed E-state index contributed by atoms with van der Waals surface area (Å²) in [6, 6.07) is 23.9. The Bertz CT molecular complexity index is 1030. The van der Waals surface area contributed by atoms with Gasteiger partial charge in [0.2, 0.25) is 0 Å². The van der Waals surface area contributed by atoms with Crippen LogP contribution in [0.15, 0.2) is 91.5 Å². The molecule has 0 aromatic heterocycles. The molecule has 0 N–H and O–H groups in total. The maximum Gasteiger partial charge on any atom is 0.313 e. The van der Waals surface area contributed by atoms with Crippen LogP contribution in [-0.2, 0) is 16.1 Å². The fraction of sp³-hybridized carbons (Fsp3) is 0.111. The van der Waals surface area contributed by atoms with E-state index in [1.807, 2.05) is 42.5 Å². The molecule has 31 heavy (non-hydrogen) atoms. The van der Waals surface area contributed by atoms with Crippen molar-refractivity contribution in [2.24, 2.45) is 0 Å². The number of carbonyl (C=O) groups excluding carboxylic acids is 2. The van der Waals surface area contributed by atoms with Crippen LogP contribution in [0.5, 0.6) is 5.75 Å². The second-order valence-corrected chi connectivity index (χ2v) is 6.86. The van der Waals surface area contributed by atoms with E-state index in [-0.39, 0.29) is 24.8 Å². The van der Waals surface area contributed by atoms with Crippen LogP contribution in [0, 0.1) is 0 Å². The van der Waals surface area contributed by atoms with E-state index in [0.717, 1.165) is 16.7 Å². The Balaban J connectivity index is 1.40. The molecule has 3 rings (SSSR count). The van der Waals surface area contributed by atoms with E-state index in [4.69, 9.17) is 9.47 Å². The number of ether oxygens (including phenoxy) is 2. The molecule has 0 saturated carbocycles. The maximum atomic E-state index is 12.1. The summed E-state index contributed by atoms with van der Waals surface area (Å²) in [4.78, 5) is 24.1. The summed E-state index contributed by atoms with van der Waals surface area (Å²) in [6.07, 6.45) is 5.21. The molecule has 0 aliphatic rings. The van der Waals surface area contributed by atoms with Gasteiger partial charge in [0.25, 0.3) is 0 Å². The lowest BCUT2D eigenvalue weighted by molar-refractivity contribution is -0.135. The van der Waals surface area contributed by atoms with Crippen LogP contribution in [0.3, 0.4) is 0 Å². The fourth-order valence-electron chi connectivity index (χ4n) is 2.80. The highest BCUT2D eigenvalue weighted by molar-refractivity contribution is 6.06. The van der Waals surface area contributed by atoms with Crippen LogP contribution in [-0.4, -0.2) is 18.4 Å². The van der Waals surface area contributed by atoms with Gasteiger partial charge in [-0.2, -0.15) is 0 Å². The summed E-state index contributed by atoms with van der Waals surface area (Å²) in [5.74, 6) is 0.0360. The Morgan fingerprint density at radius 2 is 1.52 bits per heavy atom. The number of ketones is 1. The zero-order valence-corrected chi connectivity index (χ0v) is 17.2. The van der Waals surface area contributed by atoms with Gasteiger partial charge in [0.1, 0.15) is 5.75 Å². The molecular weight excluding hydrogens is 388 g/mol. The van der Waals surface area contributed by atoms with Crippen molar-refractivity contribution in [3.63, 3.8) is 0 Å². The van der Waals surface area contributed by atoms with E-state index in [9.17, 15) is 9.59 Å². The van der Waals surface area contributed by atoms with Gasteiger partial charge in [-0.1, -0.05) is 85.5 Å². The van der Waals surface area contributed by atoms with Crippen molar-refractivity contribution < 1.29 is 19.1 Å². The van der Waals surface area contributed by atoms with E-state index >= 15 is 0 Å². The summed E-state index contributed by atoms with van der Waals surface area (Å²) in [5.41, 5.74) is 3.57. The summed E-state index contributed by atoms with van der Waals surface area (Å²) >= 11 is 0. The van der Waals surface area contributed by atoms with Crippen molar-refractivity contribution in [3.8, 4) is 5.75 Å². The Morgan fingerprint density at radius 3 is 2.19 bits per heavy atom. The van der Waals surface area contributed by atoms with E-state index in [0.29, 0.717) is 17.9 Å². The predicted molar refractivity (Wildman–Crippen MR) is 123 cm³/mol. The minimum absolute atomic E-state index is 0.0623. The number of rotatable bonds is 10. The fourth-order valence-corrected chi connectivity index (χ4v) is 2.80. The molecule has 0 saturated heterocycles. The summed E-state index contributed by atoms with van der Waals surface area (Å²) in [6.45, 7) is 4.44. The smallest absolute Gasteiger partial charge is 0.313 e.